The summed E-state index contributed by atoms with van der Waals surface area (Å²) in [5.74, 6) is 1.47. The monoisotopic (exact) mass is 409 g/mol. The number of nitrogens with one attached hydrogen (secondary N) is 2. The van der Waals surface area contributed by atoms with Crippen molar-refractivity contribution >= 4 is 11.7 Å². The minimum absolute atomic E-state index is 0.0213. The third-order valence-corrected chi connectivity index (χ3v) is 5.95. The van der Waals surface area contributed by atoms with Crippen molar-refractivity contribution in [1.82, 2.24) is 5.32 Å². The molecule has 0 bridgehead atoms. The van der Waals surface area contributed by atoms with Crippen LogP contribution in [0.15, 0.2) is 48.5 Å². The largest absolute Gasteiger partial charge is 0.486 e. The van der Waals surface area contributed by atoms with Gasteiger partial charge < -0.3 is 19.7 Å². The number of likely N-dealkylation sites (tertiary alicyclic amines) is 1. The summed E-state index contributed by atoms with van der Waals surface area (Å²) in [6.07, 6.45) is 2.62. The van der Waals surface area contributed by atoms with Crippen molar-refractivity contribution in [2.75, 3.05) is 26.3 Å². The average Bonchev–Trinajstić information content (AvgIpc) is 3.21. The smallest absolute Gasteiger partial charge is 0.275 e. The van der Waals surface area contributed by atoms with E-state index >= 15 is 0 Å². The Kier molecular flexibility index (Phi) is 6.33. The molecule has 2 aromatic carbocycles. The predicted molar refractivity (Wildman–Crippen MR) is 113 cm³/mol. The second-order valence-corrected chi connectivity index (χ2v) is 8.10. The fourth-order valence-corrected chi connectivity index (χ4v) is 4.40. The van der Waals surface area contributed by atoms with Crippen LogP contribution >= 0.6 is 0 Å². The van der Waals surface area contributed by atoms with E-state index in [9.17, 15) is 9.59 Å². The number of ketones is 1. The van der Waals surface area contributed by atoms with Crippen molar-refractivity contribution in [3.05, 3.63) is 59.7 Å². The van der Waals surface area contributed by atoms with Crippen LogP contribution in [0.25, 0.3) is 0 Å². The maximum Gasteiger partial charge on any atom is 0.275 e. The van der Waals surface area contributed by atoms with Gasteiger partial charge in [0.15, 0.2) is 23.8 Å². The Labute approximate surface area is 177 Å². The molecule has 1 saturated heterocycles. The summed E-state index contributed by atoms with van der Waals surface area (Å²) >= 11 is 0. The van der Waals surface area contributed by atoms with Gasteiger partial charge in [0.1, 0.15) is 19.3 Å². The van der Waals surface area contributed by atoms with E-state index in [1.165, 1.54) is 17.4 Å². The third-order valence-electron chi connectivity index (χ3n) is 5.95. The minimum atomic E-state index is -0.491. The molecule has 1 amide bonds. The number of benzene rings is 2. The Hall–Kier alpha value is -2.86. The highest BCUT2D eigenvalue weighted by atomic mass is 16.6. The van der Waals surface area contributed by atoms with Gasteiger partial charge in [-0.2, -0.15) is 0 Å². The topological polar surface area (TPSA) is 69.1 Å². The number of hydrogen-bond donors (Lipinski definition) is 2. The molecular weight excluding hydrogens is 380 g/mol. The van der Waals surface area contributed by atoms with Crippen LogP contribution in [0.2, 0.25) is 0 Å². The van der Waals surface area contributed by atoms with E-state index in [1.807, 2.05) is 36.4 Å². The Morgan fingerprint density at radius 2 is 1.87 bits per heavy atom. The zero-order valence-electron chi connectivity index (χ0n) is 17.4. The Balaban J connectivity index is 1.40. The molecule has 3 atom stereocenters. The molecule has 2 heterocycles. The molecule has 158 valence electrons. The molecule has 6 nitrogen and oxygen atoms in total. The Morgan fingerprint density at radius 1 is 1.10 bits per heavy atom. The van der Waals surface area contributed by atoms with Gasteiger partial charge >= 0.3 is 0 Å². The number of Topliss-reactive ketones (excluding diaryl/α,β-unsaturated/α-hetero) is 1. The maximum atomic E-state index is 12.8. The van der Waals surface area contributed by atoms with Crippen LogP contribution in [-0.2, 0) is 16.0 Å². The number of rotatable bonds is 7. The molecule has 2 aliphatic rings. The first-order valence-corrected chi connectivity index (χ1v) is 10.7. The summed E-state index contributed by atoms with van der Waals surface area (Å²) in [5.41, 5.74) is 2.22. The first-order valence-electron chi connectivity index (χ1n) is 10.7. The van der Waals surface area contributed by atoms with E-state index in [0.717, 1.165) is 36.4 Å². The van der Waals surface area contributed by atoms with Gasteiger partial charge in [-0.25, -0.2) is 0 Å². The van der Waals surface area contributed by atoms with E-state index < -0.39 is 6.04 Å². The van der Waals surface area contributed by atoms with E-state index in [-0.39, 0.29) is 17.7 Å². The molecule has 0 spiro atoms. The van der Waals surface area contributed by atoms with Gasteiger partial charge in [-0.15, -0.1) is 0 Å². The van der Waals surface area contributed by atoms with Crippen LogP contribution in [0.3, 0.4) is 0 Å². The SMILES string of the molecule is CC(=O)[C@@H](Cc1ccccc1)NC(=O)C[NH+]1CCC[C@@H]1c1ccc2c(c1)OCCO2. The summed E-state index contributed by atoms with van der Waals surface area (Å²) in [7, 11) is 0. The summed E-state index contributed by atoms with van der Waals surface area (Å²) in [6.45, 7) is 3.98. The second kappa shape index (κ2) is 9.30. The average molecular weight is 410 g/mol. The van der Waals surface area contributed by atoms with Crippen molar-refractivity contribution in [1.29, 1.82) is 0 Å². The first kappa shape index (κ1) is 20.4. The molecule has 1 fully saturated rings. The number of quaternary nitrogens is 1. The molecule has 0 radical (unpaired) electrons. The quantitative estimate of drug-likeness (QED) is 0.727. The minimum Gasteiger partial charge on any atom is -0.486 e. The number of carbonyl (C=O) groups is 2. The predicted octanol–water partition coefficient (Wildman–Crippen LogP) is 1.49. The van der Waals surface area contributed by atoms with Gasteiger partial charge in [0.25, 0.3) is 5.91 Å². The summed E-state index contributed by atoms with van der Waals surface area (Å²) in [4.78, 5) is 26.1. The first-order chi connectivity index (χ1) is 14.6. The fraction of sp³-hybridized carbons (Fsp3) is 0.417. The van der Waals surface area contributed by atoms with Crippen molar-refractivity contribution in [3.63, 3.8) is 0 Å². The van der Waals surface area contributed by atoms with Gasteiger partial charge in [-0.05, 0) is 37.1 Å². The lowest BCUT2D eigenvalue weighted by Gasteiger charge is -2.24. The Bertz CT molecular complexity index is 899. The van der Waals surface area contributed by atoms with Crippen molar-refractivity contribution < 1.29 is 24.0 Å². The fourth-order valence-electron chi connectivity index (χ4n) is 4.40. The van der Waals surface area contributed by atoms with E-state index in [4.69, 9.17) is 9.47 Å². The standard InChI is InChI=1S/C24H28N2O4/c1-17(27)20(14-18-6-3-2-4-7-18)25-24(28)16-26-11-5-8-21(26)19-9-10-22-23(15-19)30-13-12-29-22/h2-4,6-7,9-10,15,20-21H,5,8,11-14,16H2,1H3,(H,25,28)/p+1/t20-,21-/m1/s1. The summed E-state index contributed by atoms with van der Waals surface area (Å²) < 4.78 is 11.3. The normalized spacial score (nSPS) is 21.1. The van der Waals surface area contributed by atoms with Crippen LogP contribution in [0.4, 0.5) is 0 Å². The Morgan fingerprint density at radius 3 is 2.63 bits per heavy atom. The number of ether oxygens (including phenoxy) is 2. The van der Waals surface area contributed by atoms with E-state index in [2.05, 4.69) is 17.4 Å². The highest BCUT2D eigenvalue weighted by Gasteiger charge is 2.33. The highest BCUT2D eigenvalue weighted by molar-refractivity contribution is 5.88. The lowest BCUT2D eigenvalue weighted by atomic mass is 10.0. The molecule has 2 N–H and O–H groups in total. The van der Waals surface area contributed by atoms with Crippen LogP contribution in [0.5, 0.6) is 11.5 Å². The van der Waals surface area contributed by atoms with Crippen LogP contribution in [0, 0.1) is 0 Å². The zero-order chi connectivity index (χ0) is 20.9. The van der Waals surface area contributed by atoms with E-state index in [0.29, 0.717) is 26.2 Å². The molecule has 0 aromatic heterocycles. The second-order valence-electron chi connectivity index (χ2n) is 8.10. The van der Waals surface area contributed by atoms with Crippen LogP contribution in [-0.4, -0.2) is 44.0 Å². The molecule has 2 aliphatic heterocycles. The lowest BCUT2D eigenvalue weighted by Crippen LogP contribution is -3.11. The number of amides is 1. The molecule has 4 rings (SSSR count). The molecule has 6 heteroatoms. The molecule has 1 unspecified atom stereocenters. The number of fused-ring (bicyclic) bond motifs is 1. The van der Waals surface area contributed by atoms with Gasteiger partial charge in [-0.1, -0.05) is 30.3 Å². The molecule has 2 aromatic rings. The lowest BCUT2D eigenvalue weighted by molar-refractivity contribution is -0.910. The van der Waals surface area contributed by atoms with Gasteiger partial charge in [0.2, 0.25) is 0 Å². The van der Waals surface area contributed by atoms with Gasteiger partial charge in [0.05, 0.1) is 12.6 Å². The number of hydrogen-bond acceptors (Lipinski definition) is 4. The molecular formula is C24H29N2O4+. The summed E-state index contributed by atoms with van der Waals surface area (Å²) in [5, 5.41) is 2.96. The van der Waals surface area contributed by atoms with Crippen molar-refractivity contribution in [2.24, 2.45) is 0 Å². The van der Waals surface area contributed by atoms with Crippen molar-refractivity contribution in [3.8, 4) is 11.5 Å². The highest BCUT2D eigenvalue weighted by Crippen LogP contribution is 2.33. The molecule has 0 aliphatic carbocycles. The van der Waals surface area contributed by atoms with Crippen molar-refractivity contribution in [2.45, 2.75) is 38.3 Å². The van der Waals surface area contributed by atoms with Crippen LogP contribution < -0.4 is 19.7 Å². The maximum absolute atomic E-state index is 12.8. The zero-order valence-corrected chi connectivity index (χ0v) is 17.4. The molecule has 0 saturated carbocycles. The van der Waals surface area contributed by atoms with Gasteiger partial charge in [-0.3, -0.25) is 9.59 Å². The van der Waals surface area contributed by atoms with Gasteiger partial charge in [0, 0.05) is 18.4 Å². The molecule has 30 heavy (non-hydrogen) atoms. The third kappa shape index (κ3) is 4.82. The number of carbonyl (C=O) groups excluding carboxylic acids is 2. The van der Waals surface area contributed by atoms with E-state index in [1.54, 1.807) is 0 Å². The summed E-state index contributed by atoms with van der Waals surface area (Å²) in [6, 6.07) is 15.6. The van der Waals surface area contributed by atoms with Crippen LogP contribution in [0.1, 0.15) is 36.9 Å².